The average Bonchev–Trinajstić information content (AvgIpc) is 3.22. The minimum Gasteiger partial charge on any atom is -0.481 e. The summed E-state index contributed by atoms with van der Waals surface area (Å²) in [6.07, 6.45) is -0.282. The predicted octanol–water partition coefficient (Wildman–Crippen LogP) is -1.06. The number of para-hydroxylation sites is 1. The molecular weight excluding hydrogens is 490 g/mol. The molecule has 0 aliphatic rings. The van der Waals surface area contributed by atoms with E-state index in [1.807, 2.05) is 17.4 Å². The van der Waals surface area contributed by atoms with E-state index in [1.54, 1.807) is 18.3 Å². The number of aromatic nitrogens is 1. The fourth-order valence-corrected chi connectivity index (χ4v) is 3.49. The highest BCUT2D eigenvalue weighted by molar-refractivity contribution is 5.95. The van der Waals surface area contributed by atoms with Crippen LogP contribution in [-0.2, 0) is 35.2 Å². The van der Waals surface area contributed by atoms with Crippen LogP contribution in [0.4, 0.5) is 0 Å². The van der Waals surface area contributed by atoms with Crippen molar-refractivity contribution in [3.63, 3.8) is 0 Å². The fourth-order valence-electron chi connectivity index (χ4n) is 3.49. The lowest BCUT2D eigenvalue weighted by Crippen LogP contribution is -2.57. The van der Waals surface area contributed by atoms with E-state index >= 15 is 0 Å². The van der Waals surface area contributed by atoms with Gasteiger partial charge in [0.25, 0.3) is 0 Å². The minimum absolute atomic E-state index is 0.0155. The summed E-state index contributed by atoms with van der Waals surface area (Å²) in [5.74, 6) is -6.99. The predicted molar refractivity (Wildman–Crippen MR) is 128 cm³/mol. The van der Waals surface area contributed by atoms with Gasteiger partial charge in [-0.2, -0.15) is 0 Å². The lowest BCUT2D eigenvalue weighted by atomic mass is 10.0. The SMILES string of the molecule is CC(N)C(=O)NC(Cc1c[nH]c2ccccc12)C(=O)NC(CCC(=O)O)C(=O)NC(CC(=O)O)C(=O)O. The van der Waals surface area contributed by atoms with Gasteiger partial charge in [-0.1, -0.05) is 18.2 Å². The Kier molecular flexibility index (Phi) is 10.1. The number of carboxylic acids is 3. The number of aliphatic carboxylic acids is 3. The number of benzene rings is 1. The molecule has 1 heterocycles. The number of rotatable bonds is 14. The van der Waals surface area contributed by atoms with Crippen LogP contribution >= 0.6 is 0 Å². The van der Waals surface area contributed by atoms with Gasteiger partial charge in [0.2, 0.25) is 17.7 Å². The molecule has 14 heteroatoms. The van der Waals surface area contributed by atoms with Gasteiger partial charge in [0.05, 0.1) is 12.5 Å². The molecule has 14 nitrogen and oxygen atoms in total. The summed E-state index contributed by atoms with van der Waals surface area (Å²) >= 11 is 0. The molecule has 4 unspecified atom stereocenters. The topological polar surface area (TPSA) is 241 Å². The third-order valence-electron chi connectivity index (χ3n) is 5.42. The number of hydrogen-bond acceptors (Lipinski definition) is 7. The van der Waals surface area contributed by atoms with Gasteiger partial charge < -0.3 is 42.0 Å². The van der Waals surface area contributed by atoms with Gasteiger partial charge in [-0.25, -0.2) is 4.79 Å². The molecule has 1 aromatic heterocycles. The third-order valence-corrected chi connectivity index (χ3v) is 5.42. The Labute approximate surface area is 210 Å². The van der Waals surface area contributed by atoms with E-state index in [2.05, 4.69) is 15.6 Å². The van der Waals surface area contributed by atoms with Crippen LogP contribution in [0.3, 0.4) is 0 Å². The summed E-state index contributed by atoms with van der Waals surface area (Å²) in [5, 5.41) is 34.8. The van der Waals surface area contributed by atoms with Gasteiger partial charge in [-0.3, -0.25) is 24.0 Å². The summed E-state index contributed by atoms with van der Waals surface area (Å²) in [5.41, 5.74) is 7.07. The van der Waals surface area contributed by atoms with Gasteiger partial charge >= 0.3 is 17.9 Å². The Morgan fingerprint density at radius 1 is 0.865 bits per heavy atom. The number of nitrogens with one attached hydrogen (secondary N) is 4. The lowest BCUT2D eigenvalue weighted by Gasteiger charge is -2.24. The number of carbonyl (C=O) groups is 6. The van der Waals surface area contributed by atoms with Crippen molar-refractivity contribution < 1.29 is 44.1 Å². The van der Waals surface area contributed by atoms with Crippen LogP contribution in [0.2, 0.25) is 0 Å². The van der Waals surface area contributed by atoms with E-state index in [-0.39, 0.29) is 6.42 Å². The quantitative estimate of drug-likeness (QED) is 0.150. The maximum absolute atomic E-state index is 13.2. The van der Waals surface area contributed by atoms with Crippen molar-refractivity contribution in [1.29, 1.82) is 0 Å². The Hall–Kier alpha value is -4.46. The Balaban J connectivity index is 2.29. The smallest absolute Gasteiger partial charge is 0.326 e. The first kappa shape index (κ1) is 28.8. The summed E-state index contributed by atoms with van der Waals surface area (Å²) in [4.78, 5) is 74.7. The molecule has 2 aromatic rings. The van der Waals surface area contributed by atoms with Crippen LogP contribution < -0.4 is 21.7 Å². The van der Waals surface area contributed by atoms with Crippen molar-refractivity contribution in [3.8, 4) is 0 Å². The lowest BCUT2D eigenvalue weighted by molar-refractivity contribution is -0.147. The molecule has 0 fully saturated rings. The van der Waals surface area contributed by atoms with Crippen molar-refractivity contribution in [2.24, 2.45) is 5.73 Å². The molecule has 4 atom stereocenters. The Bertz CT molecular complexity index is 1180. The number of amides is 3. The van der Waals surface area contributed by atoms with Crippen molar-refractivity contribution in [2.75, 3.05) is 0 Å². The summed E-state index contributed by atoms with van der Waals surface area (Å²) in [6.45, 7) is 1.41. The average molecular weight is 520 g/mol. The molecule has 3 amide bonds. The highest BCUT2D eigenvalue weighted by Gasteiger charge is 2.31. The molecular formula is C23H29N5O9. The zero-order valence-corrected chi connectivity index (χ0v) is 19.9. The van der Waals surface area contributed by atoms with Crippen molar-refractivity contribution in [2.45, 2.75) is 56.8 Å². The Morgan fingerprint density at radius 3 is 2.05 bits per heavy atom. The first-order valence-electron chi connectivity index (χ1n) is 11.3. The summed E-state index contributed by atoms with van der Waals surface area (Å²) in [6, 6.07) is 1.69. The van der Waals surface area contributed by atoms with E-state index in [0.717, 1.165) is 10.9 Å². The first-order valence-corrected chi connectivity index (χ1v) is 11.3. The summed E-state index contributed by atoms with van der Waals surface area (Å²) in [7, 11) is 0. The molecule has 0 spiro atoms. The van der Waals surface area contributed by atoms with Gasteiger partial charge in [0.15, 0.2) is 0 Å². The van der Waals surface area contributed by atoms with Crippen LogP contribution in [0.15, 0.2) is 30.5 Å². The second-order valence-corrected chi connectivity index (χ2v) is 8.40. The highest BCUT2D eigenvalue weighted by atomic mass is 16.4. The van der Waals surface area contributed by atoms with Crippen molar-refractivity contribution >= 4 is 46.5 Å². The van der Waals surface area contributed by atoms with E-state index in [0.29, 0.717) is 5.56 Å². The molecule has 9 N–H and O–H groups in total. The molecule has 2 rings (SSSR count). The minimum atomic E-state index is -1.81. The van der Waals surface area contributed by atoms with Crippen LogP contribution in [-0.4, -0.2) is 80.1 Å². The molecule has 37 heavy (non-hydrogen) atoms. The molecule has 0 saturated carbocycles. The van der Waals surface area contributed by atoms with Gasteiger partial charge in [0.1, 0.15) is 18.1 Å². The van der Waals surface area contributed by atoms with E-state index in [1.165, 1.54) is 6.92 Å². The molecule has 0 aliphatic carbocycles. The molecule has 200 valence electrons. The normalized spacial score (nSPS) is 14.1. The van der Waals surface area contributed by atoms with Gasteiger partial charge in [-0.15, -0.1) is 0 Å². The van der Waals surface area contributed by atoms with Crippen molar-refractivity contribution in [1.82, 2.24) is 20.9 Å². The van der Waals surface area contributed by atoms with Crippen molar-refractivity contribution in [3.05, 3.63) is 36.0 Å². The molecule has 0 bridgehead atoms. The van der Waals surface area contributed by atoms with Crippen LogP contribution in [0.25, 0.3) is 10.9 Å². The molecule has 0 saturated heterocycles. The largest absolute Gasteiger partial charge is 0.481 e. The number of carbonyl (C=O) groups excluding carboxylic acids is 3. The maximum Gasteiger partial charge on any atom is 0.326 e. The standard InChI is InChI=1S/C23H29N5O9/c1-11(24)20(33)27-16(8-12-10-25-14-5-3-2-4-13(12)14)22(35)26-15(6-7-18(29)30)21(34)28-17(23(36)37)9-19(31)32/h2-5,10-11,15-17,25H,6-9,24H2,1H3,(H,26,35)(H,27,33)(H,28,34)(H,29,30)(H,31,32)(H,36,37). The first-order chi connectivity index (χ1) is 17.4. The third kappa shape index (κ3) is 8.61. The fraction of sp³-hybridized carbons (Fsp3) is 0.391. The number of hydrogen-bond donors (Lipinski definition) is 8. The van der Waals surface area contributed by atoms with Crippen LogP contribution in [0, 0.1) is 0 Å². The highest BCUT2D eigenvalue weighted by Crippen LogP contribution is 2.19. The number of H-pyrrole nitrogens is 1. The van der Waals surface area contributed by atoms with Gasteiger partial charge in [0, 0.05) is 29.9 Å². The zero-order chi connectivity index (χ0) is 27.7. The summed E-state index contributed by atoms with van der Waals surface area (Å²) < 4.78 is 0. The molecule has 0 radical (unpaired) electrons. The maximum atomic E-state index is 13.2. The second kappa shape index (κ2) is 13.0. The second-order valence-electron chi connectivity index (χ2n) is 8.40. The molecule has 1 aromatic carbocycles. The zero-order valence-electron chi connectivity index (χ0n) is 19.9. The number of aromatic amines is 1. The van der Waals surface area contributed by atoms with E-state index in [9.17, 15) is 33.9 Å². The van der Waals surface area contributed by atoms with E-state index < -0.39 is 79.1 Å². The number of fused-ring (bicyclic) bond motifs is 1. The monoisotopic (exact) mass is 519 g/mol. The van der Waals surface area contributed by atoms with Crippen LogP contribution in [0.5, 0.6) is 0 Å². The van der Waals surface area contributed by atoms with E-state index in [4.69, 9.17) is 15.9 Å². The van der Waals surface area contributed by atoms with Crippen LogP contribution in [0.1, 0.15) is 31.7 Å². The number of nitrogens with two attached hydrogens (primary N) is 1. The Morgan fingerprint density at radius 2 is 1.46 bits per heavy atom. The van der Waals surface area contributed by atoms with Gasteiger partial charge in [-0.05, 0) is 25.0 Å². The molecule has 0 aliphatic heterocycles. The number of carboxylic acid groups (broad SMARTS) is 3.